The standard InChI is InChI=1S/C19H23FN2O3.ClH/c1-24-12-17(21)19(23)22-18(11-13-3-7-15(20)8-4-13)14-5-9-16(25-2)10-6-14;/h3-10,17-18H,11-12,21H2,1-2H3,(H,22,23);1H. The lowest BCUT2D eigenvalue weighted by atomic mass is 9.98. The van der Waals surface area contributed by atoms with Gasteiger partial charge in [-0.15, -0.1) is 12.4 Å². The van der Waals surface area contributed by atoms with Gasteiger partial charge in [-0.25, -0.2) is 4.39 Å². The Morgan fingerprint density at radius 3 is 2.27 bits per heavy atom. The summed E-state index contributed by atoms with van der Waals surface area (Å²) < 4.78 is 23.2. The van der Waals surface area contributed by atoms with E-state index in [9.17, 15) is 9.18 Å². The number of hydrogen-bond acceptors (Lipinski definition) is 4. The first kappa shape index (κ1) is 21.9. The summed E-state index contributed by atoms with van der Waals surface area (Å²) >= 11 is 0. The van der Waals surface area contributed by atoms with Crippen molar-refractivity contribution < 1.29 is 18.7 Å². The van der Waals surface area contributed by atoms with Gasteiger partial charge in [0.1, 0.15) is 17.6 Å². The number of rotatable bonds is 8. The molecule has 2 unspecified atom stereocenters. The van der Waals surface area contributed by atoms with E-state index in [1.807, 2.05) is 24.3 Å². The third-order valence-corrected chi connectivity index (χ3v) is 3.87. The zero-order chi connectivity index (χ0) is 18.2. The van der Waals surface area contributed by atoms with Crippen LogP contribution < -0.4 is 15.8 Å². The number of amides is 1. The summed E-state index contributed by atoms with van der Waals surface area (Å²) in [6, 6.07) is 12.6. The molecule has 2 atom stereocenters. The van der Waals surface area contributed by atoms with Crippen LogP contribution in [0.5, 0.6) is 5.75 Å². The number of carbonyl (C=O) groups excluding carboxylic acids is 1. The summed E-state index contributed by atoms with van der Waals surface area (Å²) in [4.78, 5) is 12.3. The highest BCUT2D eigenvalue weighted by Gasteiger charge is 2.20. The van der Waals surface area contributed by atoms with Crippen molar-refractivity contribution >= 4 is 18.3 Å². The third-order valence-electron chi connectivity index (χ3n) is 3.87. The highest BCUT2D eigenvalue weighted by atomic mass is 35.5. The highest BCUT2D eigenvalue weighted by molar-refractivity contribution is 5.85. The molecule has 0 aromatic heterocycles. The number of benzene rings is 2. The summed E-state index contributed by atoms with van der Waals surface area (Å²) in [5.74, 6) is 0.132. The van der Waals surface area contributed by atoms with Gasteiger partial charge in [-0.05, 0) is 41.8 Å². The number of nitrogens with one attached hydrogen (secondary N) is 1. The Labute approximate surface area is 159 Å². The van der Waals surface area contributed by atoms with Gasteiger partial charge in [0.25, 0.3) is 0 Å². The Morgan fingerprint density at radius 1 is 1.12 bits per heavy atom. The fraction of sp³-hybridized carbons (Fsp3) is 0.316. The molecule has 1 amide bonds. The van der Waals surface area contributed by atoms with Crippen LogP contribution in [0.4, 0.5) is 4.39 Å². The summed E-state index contributed by atoms with van der Waals surface area (Å²) in [6.07, 6.45) is 0.512. The third kappa shape index (κ3) is 6.29. The van der Waals surface area contributed by atoms with E-state index in [1.54, 1.807) is 19.2 Å². The summed E-state index contributed by atoms with van der Waals surface area (Å²) in [6.45, 7) is 0.137. The van der Waals surface area contributed by atoms with E-state index in [4.69, 9.17) is 15.2 Å². The predicted octanol–water partition coefficient (Wildman–Crippen LogP) is 2.63. The summed E-state index contributed by atoms with van der Waals surface area (Å²) in [7, 11) is 3.09. The van der Waals surface area contributed by atoms with E-state index >= 15 is 0 Å². The Kier molecular flexibility index (Phi) is 9.05. The Morgan fingerprint density at radius 2 is 1.73 bits per heavy atom. The fourth-order valence-corrected chi connectivity index (χ4v) is 2.48. The van der Waals surface area contributed by atoms with Crippen LogP contribution in [0.2, 0.25) is 0 Å². The van der Waals surface area contributed by atoms with E-state index in [0.717, 1.165) is 16.9 Å². The Hall–Kier alpha value is -2.15. The van der Waals surface area contributed by atoms with Crippen molar-refractivity contribution in [1.82, 2.24) is 5.32 Å². The molecule has 3 N–H and O–H groups in total. The molecular weight excluding hydrogens is 359 g/mol. The SMILES string of the molecule is COCC(N)C(=O)NC(Cc1ccc(F)cc1)c1ccc(OC)cc1.Cl. The van der Waals surface area contributed by atoms with Crippen LogP contribution in [0.25, 0.3) is 0 Å². The second-order valence-electron chi connectivity index (χ2n) is 5.73. The number of methoxy groups -OCH3 is 2. The molecule has 0 radical (unpaired) electrons. The van der Waals surface area contributed by atoms with Crippen molar-refractivity contribution in [2.75, 3.05) is 20.8 Å². The van der Waals surface area contributed by atoms with Crippen molar-refractivity contribution in [3.05, 3.63) is 65.5 Å². The number of halogens is 2. The van der Waals surface area contributed by atoms with Crippen molar-refractivity contribution in [2.24, 2.45) is 5.73 Å². The lowest BCUT2D eigenvalue weighted by molar-refractivity contribution is -0.124. The van der Waals surface area contributed by atoms with Gasteiger partial charge in [0.2, 0.25) is 5.91 Å². The molecule has 2 aromatic carbocycles. The van der Waals surface area contributed by atoms with Crippen LogP contribution in [-0.4, -0.2) is 32.8 Å². The minimum Gasteiger partial charge on any atom is -0.497 e. The maximum atomic E-state index is 13.1. The van der Waals surface area contributed by atoms with Crippen molar-refractivity contribution in [3.63, 3.8) is 0 Å². The monoisotopic (exact) mass is 382 g/mol. The van der Waals surface area contributed by atoms with E-state index in [2.05, 4.69) is 5.32 Å². The molecule has 0 aliphatic rings. The second-order valence-corrected chi connectivity index (χ2v) is 5.73. The number of hydrogen-bond donors (Lipinski definition) is 2. The van der Waals surface area contributed by atoms with Crippen molar-refractivity contribution in [2.45, 2.75) is 18.5 Å². The Bertz CT molecular complexity index is 680. The summed E-state index contributed by atoms with van der Waals surface area (Å²) in [5, 5.41) is 2.94. The van der Waals surface area contributed by atoms with Crippen LogP contribution >= 0.6 is 12.4 Å². The first-order valence-electron chi connectivity index (χ1n) is 7.96. The van der Waals surface area contributed by atoms with Gasteiger partial charge in [0.05, 0.1) is 19.8 Å². The van der Waals surface area contributed by atoms with Gasteiger partial charge in [-0.1, -0.05) is 24.3 Å². The van der Waals surface area contributed by atoms with Crippen LogP contribution in [-0.2, 0) is 16.0 Å². The van der Waals surface area contributed by atoms with Crippen molar-refractivity contribution in [3.8, 4) is 5.75 Å². The van der Waals surface area contributed by atoms with Gasteiger partial charge in [0.15, 0.2) is 0 Å². The molecule has 0 saturated carbocycles. The molecule has 0 heterocycles. The van der Waals surface area contributed by atoms with E-state index in [-0.39, 0.29) is 36.8 Å². The zero-order valence-corrected chi connectivity index (χ0v) is 15.6. The van der Waals surface area contributed by atoms with Gasteiger partial charge in [-0.2, -0.15) is 0 Å². The molecule has 5 nitrogen and oxygen atoms in total. The van der Waals surface area contributed by atoms with Crippen LogP contribution in [0.1, 0.15) is 17.2 Å². The van der Waals surface area contributed by atoms with Gasteiger partial charge in [0, 0.05) is 7.11 Å². The van der Waals surface area contributed by atoms with Crippen LogP contribution in [0, 0.1) is 5.82 Å². The van der Waals surface area contributed by atoms with E-state index in [0.29, 0.717) is 6.42 Å². The maximum absolute atomic E-state index is 13.1. The predicted molar refractivity (Wildman–Crippen MR) is 101 cm³/mol. The van der Waals surface area contributed by atoms with Gasteiger partial charge in [-0.3, -0.25) is 4.79 Å². The Balaban J connectivity index is 0.00000338. The van der Waals surface area contributed by atoms with E-state index < -0.39 is 6.04 Å². The zero-order valence-electron chi connectivity index (χ0n) is 14.8. The number of nitrogens with two attached hydrogens (primary N) is 1. The molecule has 142 valence electrons. The normalized spacial score (nSPS) is 12.6. The average molecular weight is 383 g/mol. The van der Waals surface area contributed by atoms with Crippen molar-refractivity contribution in [1.29, 1.82) is 0 Å². The molecule has 0 aliphatic heterocycles. The molecule has 2 rings (SSSR count). The van der Waals surface area contributed by atoms with Gasteiger partial charge < -0.3 is 20.5 Å². The highest BCUT2D eigenvalue weighted by Crippen LogP contribution is 2.22. The molecule has 0 spiro atoms. The molecule has 0 bridgehead atoms. The van der Waals surface area contributed by atoms with Crippen LogP contribution in [0.15, 0.2) is 48.5 Å². The minimum atomic E-state index is -0.751. The molecule has 7 heteroatoms. The second kappa shape index (κ2) is 10.8. The fourth-order valence-electron chi connectivity index (χ4n) is 2.48. The smallest absolute Gasteiger partial charge is 0.239 e. The minimum absolute atomic E-state index is 0. The van der Waals surface area contributed by atoms with Gasteiger partial charge >= 0.3 is 0 Å². The average Bonchev–Trinajstić information content (AvgIpc) is 2.63. The molecular formula is C19H24ClFN2O3. The van der Waals surface area contributed by atoms with Crippen LogP contribution in [0.3, 0.4) is 0 Å². The first-order valence-corrected chi connectivity index (χ1v) is 7.96. The first-order chi connectivity index (χ1) is 12.0. The molecule has 26 heavy (non-hydrogen) atoms. The number of carbonyl (C=O) groups is 1. The molecule has 0 aliphatic carbocycles. The van der Waals surface area contributed by atoms with E-state index in [1.165, 1.54) is 19.2 Å². The molecule has 2 aromatic rings. The lowest BCUT2D eigenvalue weighted by Crippen LogP contribution is -2.45. The summed E-state index contributed by atoms with van der Waals surface area (Å²) in [5.41, 5.74) is 7.62. The largest absolute Gasteiger partial charge is 0.497 e. The topological polar surface area (TPSA) is 73.6 Å². The maximum Gasteiger partial charge on any atom is 0.239 e. The molecule has 0 saturated heterocycles. The quantitative estimate of drug-likeness (QED) is 0.736. The lowest BCUT2D eigenvalue weighted by Gasteiger charge is -2.22. The number of ether oxygens (including phenoxy) is 2. The molecule has 0 fully saturated rings.